The highest BCUT2D eigenvalue weighted by Gasteiger charge is 2.23. The zero-order valence-corrected chi connectivity index (χ0v) is 10.1. The molecule has 92 valence electrons. The van der Waals surface area contributed by atoms with Crippen LogP contribution in [-0.2, 0) is 0 Å². The molecule has 0 saturated carbocycles. The van der Waals surface area contributed by atoms with Crippen LogP contribution in [0.5, 0.6) is 0 Å². The summed E-state index contributed by atoms with van der Waals surface area (Å²) in [5.74, 6) is 0.937. The Hall–Kier alpha value is -1.65. The highest BCUT2D eigenvalue weighted by molar-refractivity contribution is 5.86. The Labute approximate surface area is 100 Å². The predicted octanol–water partition coefficient (Wildman–Crippen LogP) is 1.66. The van der Waals surface area contributed by atoms with E-state index in [4.69, 9.17) is 5.11 Å². The average molecular weight is 235 g/mol. The van der Waals surface area contributed by atoms with Crippen LogP contribution in [0.2, 0.25) is 0 Å². The third-order valence-electron chi connectivity index (χ3n) is 3.06. The van der Waals surface area contributed by atoms with E-state index in [9.17, 15) is 4.79 Å². The minimum absolute atomic E-state index is 0.0564. The van der Waals surface area contributed by atoms with Crippen molar-refractivity contribution in [2.45, 2.75) is 20.3 Å². The van der Waals surface area contributed by atoms with Gasteiger partial charge < -0.3 is 10.0 Å². The molecule has 5 heteroatoms. The largest absolute Gasteiger partial charge is 0.477 e. The zero-order chi connectivity index (χ0) is 12.4. The first-order valence-electron chi connectivity index (χ1n) is 5.86. The first-order chi connectivity index (χ1) is 8.06. The molecule has 2 atom stereocenters. The van der Waals surface area contributed by atoms with Gasteiger partial charge in [0.05, 0.1) is 0 Å². The molecule has 0 amide bonds. The second kappa shape index (κ2) is 4.69. The Kier molecular flexibility index (Phi) is 3.26. The Morgan fingerprint density at radius 2 is 2.00 bits per heavy atom. The van der Waals surface area contributed by atoms with E-state index < -0.39 is 5.97 Å². The normalized spacial score (nSPS) is 24.7. The molecule has 1 fully saturated rings. The summed E-state index contributed by atoms with van der Waals surface area (Å²) >= 11 is 0. The fourth-order valence-electron chi connectivity index (χ4n) is 2.49. The van der Waals surface area contributed by atoms with E-state index in [0.29, 0.717) is 11.8 Å². The van der Waals surface area contributed by atoms with E-state index >= 15 is 0 Å². The fourth-order valence-corrected chi connectivity index (χ4v) is 2.49. The fraction of sp³-hybridized carbons (Fsp3) is 0.583. The van der Waals surface area contributed by atoms with Gasteiger partial charge in [0.2, 0.25) is 0 Å². The van der Waals surface area contributed by atoms with Gasteiger partial charge in [-0.3, -0.25) is 0 Å². The van der Waals surface area contributed by atoms with Crippen molar-refractivity contribution < 1.29 is 9.90 Å². The lowest BCUT2D eigenvalue weighted by molar-refractivity contribution is 0.0690. The van der Waals surface area contributed by atoms with Crippen molar-refractivity contribution in [1.29, 1.82) is 0 Å². The second-order valence-corrected chi connectivity index (χ2v) is 4.92. The number of aromatic nitrogens is 2. The van der Waals surface area contributed by atoms with Crippen LogP contribution in [0.15, 0.2) is 12.4 Å². The predicted molar refractivity (Wildman–Crippen MR) is 64.1 cm³/mol. The number of hydrogen-bond acceptors (Lipinski definition) is 4. The van der Waals surface area contributed by atoms with Crippen LogP contribution in [0.25, 0.3) is 0 Å². The summed E-state index contributed by atoms with van der Waals surface area (Å²) in [5.41, 5.74) is 0.0564. The molecule has 1 aliphatic heterocycles. The van der Waals surface area contributed by atoms with E-state index in [1.807, 2.05) is 0 Å². The Balaban J connectivity index is 2.21. The van der Waals surface area contributed by atoms with Gasteiger partial charge in [0, 0.05) is 19.2 Å². The number of carboxylic acids is 1. The number of rotatable bonds is 2. The molecule has 0 aromatic carbocycles. The quantitative estimate of drug-likeness (QED) is 0.844. The molecule has 2 rings (SSSR count). The number of carboxylic acid groups (broad SMARTS) is 1. The molecule has 1 aromatic heterocycles. The van der Waals surface area contributed by atoms with Crippen molar-refractivity contribution in [1.82, 2.24) is 9.97 Å². The molecule has 2 heterocycles. The summed E-state index contributed by atoms with van der Waals surface area (Å²) < 4.78 is 0. The van der Waals surface area contributed by atoms with Crippen molar-refractivity contribution in [2.24, 2.45) is 11.8 Å². The van der Waals surface area contributed by atoms with Gasteiger partial charge >= 0.3 is 5.97 Å². The van der Waals surface area contributed by atoms with Crippen LogP contribution in [-0.4, -0.2) is 34.1 Å². The SMILES string of the molecule is C[C@H]1C[C@H](C)CN(c2cc(C(=O)O)ncn2)C1. The Bertz CT molecular complexity index is 412. The van der Waals surface area contributed by atoms with Crippen LogP contribution in [0.3, 0.4) is 0 Å². The van der Waals surface area contributed by atoms with Gasteiger partial charge in [-0.15, -0.1) is 0 Å². The van der Waals surface area contributed by atoms with Crippen molar-refractivity contribution >= 4 is 11.8 Å². The van der Waals surface area contributed by atoms with Crippen molar-refractivity contribution in [3.63, 3.8) is 0 Å². The first-order valence-corrected chi connectivity index (χ1v) is 5.86. The molecular formula is C12H17N3O2. The standard InChI is InChI=1S/C12H17N3O2/c1-8-3-9(2)6-15(5-8)11-4-10(12(16)17)13-7-14-11/h4,7-9H,3,5-6H2,1-2H3,(H,16,17)/t8-,9-/m0/s1. The average Bonchev–Trinajstić information content (AvgIpc) is 2.28. The van der Waals surface area contributed by atoms with Crippen LogP contribution in [0, 0.1) is 11.8 Å². The van der Waals surface area contributed by atoms with Crippen LogP contribution in [0.1, 0.15) is 30.8 Å². The summed E-state index contributed by atoms with van der Waals surface area (Å²) in [4.78, 5) is 20.9. The summed E-state index contributed by atoms with van der Waals surface area (Å²) in [6.07, 6.45) is 2.54. The van der Waals surface area contributed by atoms with Gasteiger partial charge in [-0.05, 0) is 18.3 Å². The van der Waals surface area contributed by atoms with Gasteiger partial charge in [-0.25, -0.2) is 14.8 Å². The van der Waals surface area contributed by atoms with Crippen molar-refractivity contribution in [3.05, 3.63) is 18.1 Å². The molecule has 0 bridgehead atoms. The molecule has 1 aromatic rings. The molecule has 1 saturated heterocycles. The van der Waals surface area contributed by atoms with E-state index in [1.165, 1.54) is 12.7 Å². The number of carbonyl (C=O) groups is 1. The Morgan fingerprint density at radius 3 is 2.59 bits per heavy atom. The molecule has 1 N–H and O–H groups in total. The van der Waals surface area contributed by atoms with Gasteiger partial charge in [-0.2, -0.15) is 0 Å². The first kappa shape index (κ1) is 11.8. The minimum Gasteiger partial charge on any atom is -0.477 e. The maximum atomic E-state index is 10.9. The highest BCUT2D eigenvalue weighted by Crippen LogP contribution is 2.24. The maximum absolute atomic E-state index is 10.9. The number of anilines is 1. The Morgan fingerprint density at radius 1 is 1.35 bits per heavy atom. The molecule has 0 unspecified atom stereocenters. The van der Waals surface area contributed by atoms with E-state index in [1.54, 1.807) is 6.07 Å². The molecule has 0 spiro atoms. The van der Waals surface area contributed by atoms with Crippen LogP contribution >= 0.6 is 0 Å². The topological polar surface area (TPSA) is 66.3 Å². The zero-order valence-electron chi connectivity index (χ0n) is 10.1. The molecular weight excluding hydrogens is 218 g/mol. The summed E-state index contributed by atoms with van der Waals surface area (Å²) in [5, 5.41) is 8.90. The number of piperidine rings is 1. The molecule has 0 aliphatic carbocycles. The monoisotopic (exact) mass is 235 g/mol. The third kappa shape index (κ3) is 2.72. The van der Waals surface area contributed by atoms with Crippen molar-refractivity contribution in [2.75, 3.05) is 18.0 Å². The lowest BCUT2D eigenvalue weighted by Crippen LogP contribution is -2.39. The van der Waals surface area contributed by atoms with E-state index in [-0.39, 0.29) is 5.69 Å². The number of aromatic carboxylic acids is 1. The van der Waals surface area contributed by atoms with E-state index in [0.717, 1.165) is 18.9 Å². The molecule has 1 aliphatic rings. The molecule has 17 heavy (non-hydrogen) atoms. The smallest absolute Gasteiger partial charge is 0.354 e. The van der Waals surface area contributed by atoms with Gasteiger partial charge in [-0.1, -0.05) is 13.8 Å². The maximum Gasteiger partial charge on any atom is 0.354 e. The van der Waals surface area contributed by atoms with Crippen LogP contribution in [0.4, 0.5) is 5.82 Å². The molecule has 0 radical (unpaired) electrons. The minimum atomic E-state index is -1.01. The second-order valence-electron chi connectivity index (χ2n) is 4.92. The summed E-state index contributed by atoms with van der Waals surface area (Å²) in [6, 6.07) is 1.55. The van der Waals surface area contributed by atoms with E-state index in [2.05, 4.69) is 28.7 Å². The third-order valence-corrected chi connectivity index (χ3v) is 3.06. The van der Waals surface area contributed by atoms with Gasteiger partial charge in [0.25, 0.3) is 0 Å². The van der Waals surface area contributed by atoms with Gasteiger partial charge in [0.15, 0.2) is 5.69 Å². The lowest BCUT2D eigenvalue weighted by Gasteiger charge is -2.35. The lowest BCUT2D eigenvalue weighted by atomic mass is 9.92. The highest BCUT2D eigenvalue weighted by atomic mass is 16.4. The number of nitrogens with zero attached hydrogens (tertiary/aromatic N) is 3. The van der Waals surface area contributed by atoms with Crippen molar-refractivity contribution in [3.8, 4) is 0 Å². The summed E-state index contributed by atoms with van der Waals surface area (Å²) in [6.45, 7) is 6.28. The van der Waals surface area contributed by atoms with Gasteiger partial charge in [0.1, 0.15) is 12.1 Å². The summed E-state index contributed by atoms with van der Waals surface area (Å²) in [7, 11) is 0. The van der Waals surface area contributed by atoms with Crippen LogP contribution < -0.4 is 4.90 Å². The number of hydrogen-bond donors (Lipinski definition) is 1. The molecule has 5 nitrogen and oxygen atoms in total.